The standard InChI is InChI=1S/C54H87NO13Si.C19H34N2O10.C6H8Cl2O4.C4H8O/c1-16-30(2)47-33(5)22-23-53(67-47)28-39-25-38(66-53)21-20-32(4)46(64-44-27-42(59-13)49(36(8)62-44)65-43-26-41(58-12)45(55)35(7)61-43)31(3)18-17-19-37-29-60-50-48(68-69(14,15)52(9,10)11)34(6)24-40(51(56)63-39)54(37,50)57;1-10-16(12(24-3)7-14(26-5)30-10)20-18(22)28-9-29-19(23)21-17-11(2)31-15(27-6)8-13(17)25-4;7-5(9)11-3-1-2-4-12-6(8)10;1-2-4-5-3-1/h17-20,22-24,30-31,33,35-36,38-50,57H,16,21,25-29,55H2,1-15H3;10-17H,7-9H2,1-6H3,(H,20,22)(H,21,23);1-4H2;1-4H2/b18-17+,32-20+,37-19+;;;/t30-,31+,33+,35+,36+,38-,39+,40+,41+,42+,43+,44+,45-,46+,47-,48-,49+,50-,53-,54-;10-,11-,12-,13-,14+,15+,16+,17+;;/m10../s1. The molecule has 2 amide bonds. The van der Waals surface area contributed by atoms with Crippen molar-refractivity contribution in [3.05, 3.63) is 59.3 Å². The van der Waals surface area contributed by atoms with Gasteiger partial charge in [-0.15, -0.1) is 0 Å². The van der Waals surface area contributed by atoms with E-state index in [1.54, 1.807) is 56.5 Å². The van der Waals surface area contributed by atoms with Crippen molar-refractivity contribution in [3.63, 3.8) is 0 Å². The maximum Gasteiger partial charge on any atom is 0.410 e. The predicted molar refractivity (Wildman–Crippen MR) is 434 cm³/mol. The number of rotatable bonds is 23. The summed E-state index contributed by atoms with van der Waals surface area (Å²) < 4.78 is 129. The van der Waals surface area contributed by atoms with Crippen LogP contribution < -0.4 is 16.4 Å². The van der Waals surface area contributed by atoms with E-state index in [2.05, 4.69) is 107 Å². The van der Waals surface area contributed by atoms with Gasteiger partial charge in [-0.25, -0.2) is 19.2 Å². The zero-order valence-corrected chi connectivity index (χ0v) is 75.1. The third-order valence-electron chi connectivity index (χ3n) is 24.1. The smallest absolute Gasteiger partial charge is 0.410 e. The van der Waals surface area contributed by atoms with Gasteiger partial charge in [0.15, 0.2) is 39.3 Å². The number of carbonyl (C=O) groups is 5. The van der Waals surface area contributed by atoms with E-state index in [1.807, 2.05) is 45.1 Å². The fourth-order valence-electron chi connectivity index (χ4n) is 16.0. The van der Waals surface area contributed by atoms with Gasteiger partial charge in [-0.1, -0.05) is 91.3 Å². The third kappa shape index (κ3) is 28.1. The van der Waals surface area contributed by atoms with E-state index in [-0.39, 0.29) is 104 Å². The van der Waals surface area contributed by atoms with Crippen molar-refractivity contribution >= 4 is 60.5 Å². The number of halogens is 2. The van der Waals surface area contributed by atoms with Crippen LogP contribution in [0, 0.1) is 23.7 Å². The lowest BCUT2D eigenvalue weighted by Crippen LogP contribution is -2.60. The quantitative estimate of drug-likeness (QED) is 0.0140. The minimum absolute atomic E-state index is 0.0830. The van der Waals surface area contributed by atoms with E-state index in [1.165, 1.54) is 12.8 Å². The molecule has 31 nitrogen and oxygen atoms in total. The van der Waals surface area contributed by atoms with Crippen LogP contribution in [0.5, 0.6) is 0 Å². The fourth-order valence-corrected chi connectivity index (χ4v) is 17.4. The second kappa shape index (κ2) is 47.0. The second-order valence-electron chi connectivity index (χ2n) is 33.4. The van der Waals surface area contributed by atoms with E-state index in [9.17, 15) is 29.1 Å². The van der Waals surface area contributed by atoms with Crippen LogP contribution in [0.4, 0.5) is 19.2 Å². The van der Waals surface area contributed by atoms with Crippen LogP contribution in [-0.2, 0) is 109 Å². The number of esters is 1. The molecule has 9 aliphatic heterocycles. The number of nitrogens with two attached hydrogens (primary N) is 1. The lowest BCUT2D eigenvalue weighted by Gasteiger charge is -2.49. The van der Waals surface area contributed by atoms with Gasteiger partial charge in [0.25, 0.3) is 0 Å². The van der Waals surface area contributed by atoms with E-state index in [4.69, 9.17) is 123 Å². The highest BCUT2D eigenvalue weighted by molar-refractivity contribution is 6.74. The van der Waals surface area contributed by atoms with Gasteiger partial charge < -0.3 is 125 Å². The predicted octanol–water partition coefficient (Wildman–Crippen LogP) is 12.4. The van der Waals surface area contributed by atoms with Crippen LogP contribution in [0.25, 0.3) is 0 Å². The molecule has 10 rings (SSSR count). The van der Waals surface area contributed by atoms with Gasteiger partial charge >= 0.3 is 29.0 Å². The van der Waals surface area contributed by atoms with Crippen LogP contribution in [-0.4, -0.2) is 271 Å². The molecule has 670 valence electrons. The summed E-state index contributed by atoms with van der Waals surface area (Å²) in [5.41, 5.74) is 5.38. The van der Waals surface area contributed by atoms with Crippen LogP contribution in [0.2, 0.25) is 18.1 Å². The number of unbranched alkanes of at least 4 members (excludes halogenated alkanes) is 1. The van der Waals surface area contributed by atoms with Gasteiger partial charge in [0, 0.05) is 129 Å². The molecule has 0 unspecified atom stereocenters. The number of allylic oxidation sites excluding steroid dienone is 2. The Kier molecular flexibility index (Phi) is 40.1. The summed E-state index contributed by atoms with van der Waals surface area (Å²) in [4.78, 5) is 59.1. The number of alkyl carbamates (subject to hydrolysis) is 2. The van der Waals surface area contributed by atoms with Crippen molar-refractivity contribution in [1.82, 2.24) is 10.6 Å². The third-order valence-corrected chi connectivity index (χ3v) is 28.8. The Balaban J connectivity index is 0.000000320. The molecule has 10 aliphatic rings. The first-order valence-corrected chi connectivity index (χ1v) is 45.0. The minimum Gasteiger partial charge on any atom is -0.462 e. The Morgan fingerprint density at radius 2 is 1.21 bits per heavy atom. The average Bonchev–Trinajstić information content (AvgIpc) is 1.63. The number of hydrogen-bond donors (Lipinski definition) is 4. The van der Waals surface area contributed by atoms with Crippen LogP contribution in [0.1, 0.15) is 167 Å². The summed E-state index contributed by atoms with van der Waals surface area (Å²) in [6.45, 7) is 33.2. The minimum atomic E-state index is -2.37. The zero-order valence-electron chi connectivity index (χ0n) is 72.6. The molecule has 28 atom stereocenters. The first-order valence-electron chi connectivity index (χ1n) is 41.3. The maximum absolute atomic E-state index is 14.8. The van der Waals surface area contributed by atoms with E-state index < -0.39 is 135 Å². The lowest BCUT2D eigenvalue weighted by molar-refractivity contribution is -0.311. The number of methoxy groups -OCH3 is 6. The van der Waals surface area contributed by atoms with E-state index >= 15 is 0 Å². The SMILES string of the molecule is C1CCOC1.CC[C@@H](C)[C@H]1O[C@]2(C=C[C@@H]1C)C[C@@H]1C[C@@H](C/C=C(\C)[C@@H](O[C@H]3C[C@H](OC)[C@@H](O[C@H]4C[C@H](OC)[C@H](N)[C@H](C)O4)[C@H](C)O3)[C@@H](C)/C=C/C=C3\CO[C@@H]4[C@H](O[Si](C)(C)C(C)(C)C)C(C)=C[C@@H](C(=O)O1)[C@]34O)O2.CO[C@H]1C[C@H](OC)[C@H](NC(=O)OCOC(=O)N[C@@H]2[C@H](C)O[C@@H](OC)C[C@@H]2OC)[C@H](C)O1.O=C(Cl)OCCCCOC(=O)Cl. The highest BCUT2D eigenvalue weighted by Crippen LogP contribution is 2.50. The number of ether oxygens (including phenoxy) is 21. The Morgan fingerprint density at radius 3 is 1.73 bits per heavy atom. The summed E-state index contributed by atoms with van der Waals surface area (Å²) in [7, 11) is 7.14. The highest BCUT2D eigenvalue weighted by Gasteiger charge is 2.62. The molecule has 0 aromatic rings. The highest BCUT2D eigenvalue weighted by atomic mass is 35.5. The van der Waals surface area contributed by atoms with E-state index in [0.29, 0.717) is 63.4 Å². The molecule has 7 fully saturated rings. The summed E-state index contributed by atoms with van der Waals surface area (Å²) in [6.07, 6.45) is 12.6. The molecule has 0 aromatic heterocycles. The van der Waals surface area contributed by atoms with Gasteiger partial charge in [0.05, 0.1) is 111 Å². The monoisotopic (exact) mass is 1720 g/mol. The molecule has 0 radical (unpaired) electrons. The first kappa shape index (κ1) is 99.8. The maximum atomic E-state index is 14.8. The topological polar surface area (TPSA) is 359 Å². The number of aliphatic hydroxyl groups is 1. The van der Waals surface area contributed by atoms with Crippen molar-refractivity contribution in [3.8, 4) is 0 Å². The van der Waals surface area contributed by atoms with Gasteiger partial charge in [-0.05, 0) is 120 Å². The Labute approximate surface area is 703 Å². The largest absolute Gasteiger partial charge is 0.462 e. The molecular weight excluding hydrogens is 1590 g/mol. The molecule has 0 saturated carbocycles. The van der Waals surface area contributed by atoms with Crippen molar-refractivity contribution in [2.24, 2.45) is 29.4 Å². The molecular formula is C83H137Cl2N3O28Si. The summed E-state index contributed by atoms with van der Waals surface area (Å²) in [5, 5.41) is 18.5. The fraction of sp³-hybridized carbons (Fsp3) is 0.819. The molecule has 34 heteroatoms. The van der Waals surface area contributed by atoms with Crippen molar-refractivity contribution in [2.75, 3.05) is 82.5 Å². The summed E-state index contributed by atoms with van der Waals surface area (Å²) in [6, 6.07) is -1.16. The van der Waals surface area contributed by atoms with Crippen molar-refractivity contribution in [2.45, 2.75) is 331 Å². The van der Waals surface area contributed by atoms with Gasteiger partial charge in [0.1, 0.15) is 29.8 Å². The molecule has 9 heterocycles. The van der Waals surface area contributed by atoms with Gasteiger partial charge in [-0.2, -0.15) is 0 Å². The van der Waals surface area contributed by atoms with Gasteiger partial charge in [0.2, 0.25) is 6.79 Å². The number of hydrogen-bond acceptors (Lipinski definition) is 29. The zero-order chi connectivity index (χ0) is 86.3. The number of carbonyl (C=O) groups excluding carboxylic acids is 5. The summed E-state index contributed by atoms with van der Waals surface area (Å²) >= 11 is 9.75. The average molecular weight is 1720 g/mol. The molecule has 5 N–H and O–H groups in total. The normalized spacial score (nSPS) is 38.5. The lowest BCUT2D eigenvalue weighted by atomic mass is 9.71. The first-order chi connectivity index (χ1) is 55.4. The molecule has 1 spiro atoms. The molecule has 7 saturated heterocycles. The molecule has 0 aromatic carbocycles. The van der Waals surface area contributed by atoms with Crippen molar-refractivity contribution in [1.29, 1.82) is 0 Å². The number of nitrogens with one attached hydrogen (secondary N) is 2. The van der Waals surface area contributed by atoms with E-state index in [0.717, 1.165) is 30.8 Å². The molecule has 2 bridgehead atoms. The molecule has 1 aliphatic carbocycles. The van der Waals surface area contributed by atoms with Crippen LogP contribution >= 0.6 is 23.2 Å². The summed E-state index contributed by atoms with van der Waals surface area (Å²) in [5.74, 6) is -2.36. The van der Waals surface area contributed by atoms with Crippen LogP contribution in [0.3, 0.4) is 0 Å². The molecule has 117 heavy (non-hydrogen) atoms. The Hall–Kier alpha value is -4.31. The van der Waals surface area contributed by atoms with Crippen LogP contribution in [0.15, 0.2) is 59.3 Å². The Morgan fingerprint density at radius 1 is 0.667 bits per heavy atom. The van der Waals surface area contributed by atoms with Crippen molar-refractivity contribution < 1.29 is 133 Å². The number of fused-ring (bicyclic) bond motifs is 2. The Bertz CT molecular complexity index is 3200. The van der Waals surface area contributed by atoms with Gasteiger partial charge in [-0.3, -0.25) is 4.79 Å². The number of amides is 2. The second-order valence-corrected chi connectivity index (χ2v) is 38.8.